The van der Waals surface area contributed by atoms with E-state index in [4.69, 9.17) is 11.6 Å². The average Bonchev–Trinajstić information content (AvgIpc) is 2.71. The summed E-state index contributed by atoms with van der Waals surface area (Å²) in [5.74, 6) is -0.468. The molecule has 2 aromatic rings. The summed E-state index contributed by atoms with van der Waals surface area (Å²) in [7, 11) is 0. The maximum atomic E-state index is 12.7. The molecule has 0 radical (unpaired) electrons. The highest BCUT2D eigenvalue weighted by Gasteiger charge is 2.33. The van der Waals surface area contributed by atoms with Crippen LogP contribution in [0.2, 0.25) is 5.02 Å². The van der Waals surface area contributed by atoms with Gasteiger partial charge >= 0.3 is 6.18 Å². The minimum absolute atomic E-state index is 0.0406. The van der Waals surface area contributed by atoms with E-state index < -0.39 is 22.7 Å². The Kier molecular flexibility index (Phi) is 4.65. The van der Waals surface area contributed by atoms with Gasteiger partial charge in [0.05, 0.1) is 19.2 Å². The number of alkyl halides is 3. The summed E-state index contributed by atoms with van der Waals surface area (Å²) in [6.07, 6.45) is -4.57. The number of anilines is 1. The number of halogens is 5. The van der Waals surface area contributed by atoms with Gasteiger partial charge in [0, 0.05) is 5.69 Å². The van der Waals surface area contributed by atoms with Crippen LogP contribution in [0.15, 0.2) is 28.1 Å². The summed E-state index contributed by atoms with van der Waals surface area (Å²) < 4.78 is 39.0. The van der Waals surface area contributed by atoms with Crippen molar-refractivity contribution in [1.82, 2.24) is 0 Å². The maximum Gasteiger partial charge on any atom is 0.417 e. The van der Waals surface area contributed by atoms with Gasteiger partial charge in [0.15, 0.2) is 0 Å². The second-order valence-electron chi connectivity index (χ2n) is 4.21. The van der Waals surface area contributed by atoms with Crippen LogP contribution in [-0.2, 0) is 6.18 Å². The lowest BCUT2D eigenvalue weighted by Gasteiger charge is -2.11. The van der Waals surface area contributed by atoms with Gasteiger partial charge in [-0.15, -0.1) is 11.3 Å². The fourth-order valence-electron chi connectivity index (χ4n) is 1.58. The molecule has 1 aromatic carbocycles. The number of amides is 1. The molecular formula is C13H8BrClF3NOS. The van der Waals surface area contributed by atoms with E-state index in [1.54, 1.807) is 6.07 Å². The third-order valence-electron chi connectivity index (χ3n) is 2.61. The third-order valence-corrected chi connectivity index (χ3v) is 5.08. The normalized spacial score (nSPS) is 11.5. The Bertz CT molecular complexity index is 680. The second kappa shape index (κ2) is 5.98. The molecule has 1 N–H and O–H groups in total. The molecule has 0 saturated heterocycles. The molecular weight excluding hydrogens is 391 g/mol. The predicted octanol–water partition coefficient (Wildman–Crippen LogP) is 5.74. The van der Waals surface area contributed by atoms with E-state index in [-0.39, 0.29) is 5.69 Å². The van der Waals surface area contributed by atoms with Crippen LogP contribution in [0.5, 0.6) is 0 Å². The van der Waals surface area contributed by atoms with Crippen LogP contribution in [0.1, 0.15) is 20.8 Å². The number of thiophene rings is 1. The molecule has 1 amide bonds. The molecule has 0 spiro atoms. The largest absolute Gasteiger partial charge is 0.417 e. The molecule has 0 aliphatic heterocycles. The van der Waals surface area contributed by atoms with E-state index in [9.17, 15) is 18.0 Å². The Hall–Kier alpha value is -1.05. The van der Waals surface area contributed by atoms with Crippen LogP contribution in [0.4, 0.5) is 18.9 Å². The van der Waals surface area contributed by atoms with Crippen molar-refractivity contribution in [2.45, 2.75) is 13.1 Å². The molecule has 0 aliphatic carbocycles. The molecule has 2 rings (SSSR count). The second-order valence-corrected chi connectivity index (χ2v) is 6.99. The zero-order valence-corrected chi connectivity index (χ0v) is 13.7. The molecule has 0 atom stereocenters. The lowest BCUT2D eigenvalue weighted by atomic mass is 10.2. The lowest BCUT2D eigenvalue weighted by Crippen LogP contribution is -2.12. The highest BCUT2D eigenvalue weighted by molar-refractivity contribution is 9.11. The molecule has 1 aromatic heterocycles. The molecule has 0 bridgehead atoms. The Morgan fingerprint density at radius 3 is 2.52 bits per heavy atom. The zero-order chi connectivity index (χ0) is 15.8. The molecule has 2 nitrogen and oxygen atoms in total. The zero-order valence-electron chi connectivity index (χ0n) is 10.5. The van der Waals surface area contributed by atoms with E-state index in [0.29, 0.717) is 4.88 Å². The number of hydrogen-bond acceptors (Lipinski definition) is 2. The van der Waals surface area contributed by atoms with Crippen molar-refractivity contribution in [3.05, 3.63) is 49.1 Å². The molecule has 0 fully saturated rings. The third kappa shape index (κ3) is 3.78. The van der Waals surface area contributed by atoms with Crippen molar-refractivity contribution in [3.8, 4) is 0 Å². The SMILES string of the molecule is Cc1cc(C(=O)Nc2ccc(Cl)c(C(F)(F)F)c2)sc1Br. The monoisotopic (exact) mass is 397 g/mol. The van der Waals surface area contributed by atoms with E-state index in [2.05, 4.69) is 21.2 Å². The van der Waals surface area contributed by atoms with Gasteiger partial charge in [-0.1, -0.05) is 11.6 Å². The van der Waals surface area contributed by atoms with Crippen LogP contribution in [0.25, 0.3) is 0 Å². The van der Waals surface area contributed by atoms with Crippen molar-refractivity contribution in [3.63, 3.8) is 0 Å². The van der Waals surface area contributed by atoms with E-state index in [1.807, 2.05) is 6.92 Å². The summed E-state index contributed by atoms with van der Waals surface area (Å²) in [5.41, 5.74) is -0.0540. The summed E-state index contributed by atoms with van der Waals surface area (Å²) in [5, 5.41) is 2.02. The highest BCUT2D eigenvalue weighted by Crippen LogP contribution is 2.36. The topological polar surface area (TPSA) is 29.1 Å². The van der Waals surface area contributed by atoms with Crippen LogP contribution in [0.3, 0.4) is 0 Å². The fourth-order valence-corrected chi connectivity index (χ4v) is 3.24. The van der Waals surface area contributed by atoms with Crippen LogP contribution < -0.4 is 5.32 Å². The number of rotatable bonds is 2. The highest BCUT2D eigenvalue weighted by atomic mass is 79.9. The van der Waals surface area contributed by atoms with Crippen molar-refractivity contribution in [1.29, 1.82) is 0 Å². The lowest BCUT2D eigenvalue weighted by molar-refractivity contribution is -0.137. The fraction of sp³-hybridized carbons (Fsp3) is 0.154. The summed E-state index contributed by atoms with van der Waals surface area (Å²) in [6.45, 7) is 1.82. The first-order valence-corrected chi connectivity index (χ1v) is 7.61. The van der Waals surface area contributed by atoms with Crippen molar-refractivity contribution in [2.75, 3.05) is 5.32 Å². The van der Waals surface area contributed by atoms with Gasteiger partial charge in [0.1, 0.15) is 0 Å². The van der Waals surface area contributed by atoms with Gasteiger partial charge in [-0.3, -0.25) is 4.79 Å². The number of carbonyl (C=O) groups excluding carboxylic acids is 1. The van der Waals surface area contributed by atoms with Gasteiger partial charge in [0.2, 0.25) is 0 Å². The Balaban J connectivity index is 2.26. The number of hydrogen-bond donors (Lipinski definition) is 1. The number of benzene rings is 1. The van der Waals surface area contributed by atoms with Crippen LogP contribution in [0, 0.1) is 6.92 Å². The van der Waals surface area contributed by atoms with Gasteiger partial charge in [-0.2, -0.15) is 13.2 Å². The number of nitrogens with one attached hydrogen (secondary N) is 1. The van der Waals surface area contributed by atoms with E-state index in [0.717, 1.165) is 21.5 Å². The molecule has 1 heterocycles. The minimum Gasteiger partial charge on any atom is -0.321 e. The first-order valence-electron chi connectivity index (χ1n) is 5.62. The first kappa shape index (κ1) is 16.3. The minimum atomic E-state index is -4.57. The molecule has 21 heavy (non-hydrogen) atoms. The predicted molar refractivity (Wildman–Crippen MR) is 81.2 cm³/mol. The van der Waals surface area contributed by atoms with Gasteiger partial charge in [-0.05, 0) is 52.7 Å². The molecule has 112 valence electrons. The number of aryl methyl sites for hydroxylation is 1. The standard InChI is InChI=1S/C13H8BrClF3NOS/c1-6-4-10(21-11(6)14)12(20)19-7-2-3-9(15)8(5-7)13(16,17)18/h2-5H,1H3,(H,19,20). The van der Waals surface area contributed by atoms with E-state index >= 15 is 0 Å². The summed E-state index contributed by atoms with van der Waals surface area (Å²) >= 11 is 10.0. The summed E-state index contributed by atoms with van der Waals surface area (Å²) in [4.78, 5) is 12.4. The molecule has 0 saturated carbocycles. The Morgan fingerprint density at radius 1 is 1.33 bits per heavy atom. The van der Waals surface area contributed by atoms with Gasteiger partial charge in [0.25, 0.3) is 5.91 Å². The van der Waals surface area contributed by atoms with Crippen molar-refractivity contribution >= 4 is 50.5 Å². The first-order chi connectivity index (χ1) is 9.68. The maximum absolute atomic E-state index is 12.7. The van der Waals surface area contributed by atoms with E-state index in [1.165, 1.54) is 17.4 Å². The van der Waals surface area contributed by atoms with Crippen molar-refractivity contribution in [2.24, 2.45) is 0 Å². The molecule has 0 unspecified atom stereocenters. The quantitative estimate of drug-likeness (QED) is 0.686. The average molecular weight is 399 g/mol. The Morgan fingerprint density at radius 2 is 2.00 bits per heavy atom. The van der Waals surface area contributed by atoms with Crippen molar-refractivity contribution < 1.29 is 18.0 Å². The summed E-state index contributed by atoms with van der Waals surface area (Å²) in [6, 6.07) is 4.90. The van der Waals surface area contributed by atoms with Crippen LogP contribution in [-0.4, -0.2) is 5.91 Å². The van der Waals surface area contributed by atoms with Crippen LogP contribution >= 0.6 is 38.9 Å². The smallest absolute Gasteiger partial charge is 0.321 e. The Labute approximate surface area is 136 Å². The van der Waals surface area contributed by atoms with Gasteiger partial charge < -0.3 is 5.32 Å². The molecule has 8 heteroatoms. The molecule has 0 aliphatic rings. The number of carbonyl (C=O) groups is 1. The van der Waals surface area contributed by atoms with Gasteiger partial charge in [-0.25, -0.2) is 0 Å².